The van der Waals surface area contributed by atoms with Crippen molar-refractivity contribution in [1.29, 1.82) is 0 Å². The second-order valence-corrected chi connectivity index (χ2v) is 4.32. The quantitative estimate of drug-likeness (QED) is 0.910. The first-order valence-corrected chi connectivity index (χ1v) is 5.82. The Balaban J connectivity index is 2.72. The molecule has 17 heavy (non-hydrogen) atoms. The summed E-state index contributed by atoms with van der Waals surface area (Å²) in [6.07, 6.45) is 0. The summed E-state index contributed by atoms with van der Waals surface area (Å²) in [6.45, 7) is 2.77. The Morgan fingerprint density at radius 1 is 1.41 bits per heavy atom. The van der Waals surface area contributed by atoms with Gasteiger partial charge in [0.1, 0.15) is 11.3 Å². The van der Waals surface area contributed by atoms with Gasteiger partial charge in [0.25, 0.3) is 0 Å². The van der Waals surface area contributed by atoms with Crippen LogP contribution in [0.25, 0.3) is 10.9 Å². The summed E-state index contributed by atoms with van der Waals surface area (Å²) in [4.78, 5) is 4.58. The molecule has 1 aromatic carbocycles. The lowest BCUT2D eigenvalue weighted by Crippen LogP contribution is -2.07. The first-order chi connectivity index (χ1) is 8.17. The zero-order valence-electron chi connectivity index (χ0n) is 10.2. The van der Waals surface area contributed by atoms with Crippen molar-refractivity contribution in [2.45, 2.75) is 13.5 Å². The number of methoxy groups -OCH3 is 1. The molecule has 2 rings (SSSR count). The fraction of sp³-hybridized carbons (Fsp3) is 0.308. The minimum Gasteiger partial charge on any atom is -0.494 e. The van der Waals surface area contributed by atoms with E-state index in [0.29, 0.717) is 5.02 Å². The molecule has 0 saturated heterocycles. The Hall–Kier alpha value is -1.32. The third kappa shape index (κ3) is 2.21. The number of ether oxygens (including phenoxy) is 1. The van der Waals surface area contributed by atoms with Crippen LogP contribution in [0.3, 0.4) is 0 Å². The highest BCUT2D eigenvalue weighted by Gasteiger charge is 2.10. The molecule has 4 heteroatoms. The summed E-state index contributed by atoms with van der Waals surface area (Å²) in [5.74, 6) is 0.753. The van der Waals surface area contributed by atoms with E-state index in [2.05, 4.69) is 16.4 Å². The largest absolute Gasteiger partial charge is 0.494 e. The summed E-state index contributed by atoms with van der Waals surface area (Å²) in [5.41, 5.74) is 2.96. The third-order valence-corrected chi connectivity index (χ3v) is 3.11. The third-order valence-electron chi connectivity index (χ3n) is 2.78. The number of benzene rings is 1. The number of aryl methyl sites for hydroxylation is 1. The zero-order valence-corrected chi connectivity index (χ0v) is 10.9. The predicted molar refractivity (Wildman–Crippen MR) is 70.8 cm³/mol. The molecule has 0 aliphatic heterocycles. The van der Waals surface area contributed by atoms with Crippen molar-refractivity contribution >= 4 is 22.5 Å². The Kier molecular flexibility index (Phi) is 3.50. The lowest BCUT2D eigenvalue weighted by molar-refractivity contribution is 0.419. The zero-order chi connectivity index (χ0) is 12.4. The van der Waals surface area contributed by atoms with Crippen molar-refractivity contribution in [2.24, 2.45) is 0 Å². The lowest BCUT2D eigenvalue weighted by Gasteiger charge is -2.10. The molecule has 1 aromatic heterocycles. The van der Waals surface area contributed by atoms with E-state index >= 15 is 0 Å². The van der Waals surface area contributed by atoms with E-state index in [1.807, 2.05) is 26.1 Å². The molecular formula is C13H15ClN2O. The fourth-order valence-corrected chi connectivity index (χ4v) is 2.08. The summed E-state index contributed by atoms with van der Waals surface area (Å²) in [7, 11) is 3.55. The molecule has 0 aliphatic carbocycles. The number of hydrogen-bond acceptors (Lipinski definition) is 3. The molecule has 3 nitrogen and oxygen atoms in total. The molecule has 0 amide bonds. The van der Waals surface area contributed by atoms with Crippen LogP contribution in [0.4, 0.5) is 0 Å². The highest BCUT2D eigenvalue weighted by molar-refractivity contribution is 6.35. The molecular weight excluding hydrogens is 236 g/mol. The maximum atomic E-state index is 6.19. The van der Waals surface area contributed by atoms with E-state index < -0.39 is 0 Å². The standard InChI is InChI=1S/C13H15ClN2O/c1-8-9(7-15-2)6-10-11(14)4-5-12(17-3)13(10)16-8/h4-6,15H,7H2,1-3H3. The van der Waals surface area contributed by atoms with Crippen molar-refractivity contribution in [1.82, 2.24) is 10.3 Å². The summed E-state index contributed by atoms with van der Waals surface area (Å²) in [6, 6.07) is 5.75. The number of nitrogens with one attached hydrogen (secondary N) is 1. The molecule has 0 aliphatic rings. The summed E-state index contributed by atoms with van der Waals surface area (Å²) < 4.78 is 5.30. The van der Waals surface area contributed by atoms with Crippen molar-refractivity contribution in [3.8, 4) is 5.75 Å². The van der Waals surface area contributed by atoms with Crippen LogP contribution in [0.15, 0.2) is 18.2 Å². The minimum atomic E-state index is 0.700. The van der Waals surface area contributed by atoms with Crippen LogP contribution in [0.5, 0.6) is 5.75 Å². The Labute approximate surface area is 106 Å². The topological polar surface area (TPSA) is 34.1 Å². The first kappa shape index (κ1) is 12.1. The normalized spacial score (nSPS) is 10.8. The van der Waals surface area contributed by atoms with Gasteiger partial charge in [0, 0.05) is 17.6 Å². The van der Waals surface area contributed by atoms with Crippen LogP contribution >= 0.6 is 11.6 Å². The second kappa shape index (κ2) is 4.90. The highest BCUT2D eigenvalue weighted by Crippen LogP contribution is 2.31. The van der Waals surface area contributed by atoms with E-state index in [1.54, 1.807) is 7.11 Å². The van der Waals surface area contributed by atoms with Crippen molar-refractivity contribution < 1.29 is 4.74 Å². The van der Waals surface area contributed by atoms with Gasteiger partial charge in [0.05, 0.1) is 12.1 Å². The smallest absolute Gasteiger partial charge is 0.145 e. The molecule has 0 unspecified atom stereocenters. The van der Waals surface area contributed by atoms with Gasteiger partial charge in [-0.3, -0.25) is 0 Å². The Bertz CT molecular complexity index is 555. The van der Waals surface area contributed by atoms with Gasteiger partial charge < -0.3 is 10.1 Å². The van der Waals surface area contributed by atoms with Gasteiger partial charge in [-0.05, 0) is 37.7 Å². The van der Waals surface area contributed by atoms with Crippen LogP contribution in [-0.2, 0) is 6.54 Å². The summed E-state index contributed by atoms with van der Waals surface area (Å²) >= 11 is 6.19. The minimum absolute atomic E-state index is 0.700. The maximum Gasteiger partial charge on any atom is 0.145 e. The number of halogens is 1. The van der Waals surface area contributed by atoms with Crippen molar-refractivity contribution in [2.75, 3.05) is 14.2 Å². The number of fused-ring (bicyclic) bond motifs is 1. The van der Waals surface area contributed by atoms with Gasteiger partial charge in [-0.15, -0.1) is 0 Å². The molecule has 1 heterocycles. The van der Waals surface area contributed by atoms with Gasteiger partial charge in [-0.25, -0.2) is 4.98 Å². The molecule has 2 aromatic rings. The molecule has 0 atom stereocenters. The van der Waals surface area contributed by atoms with Crippen LogP contribution in [-0.4, -0.2) is 19.1 Å². The average molecular weight is 251 g/mol. The summed E-state index contributed by atoms with van der Waals surface area (Å²) in [5, 5.41) is 4.76. The van der Waals surface area contributed by atoms with E-state index in [1.165, 1.54) is 0 Å². The van der Waals surface area contributed by atoms with Gasteiger partial charge in [-0.2, -0.15) is 0 Å². The maximum absolute atomic E-state index is 6.19. The molecule has 0 saturated carbocycles. The number of rotatable bonds is 3. The number of hydrogen-bond donors (Lipinski definition) is 1. The Morgan fingerprint density at radius 3 is 2.82 bits per heavy atom. The van der Waals surface area contributed by atoms with Gasteiger partial charge in [0.2, 0.25) is 0 Å². The monoisotopic (exact) mass is 250 g/mol. The average Bonchev–Trinajstić information content (AvgIpc) is 2.32. The van der Waals surface area contributed by atoms with Gasteiger partial charge >= 0.3 is 0 Å². The van der Waals surface area contributed by atoms with E-state index in [-0.39, 0.29) is 0 Å². The molecule has 0 spiro atoms. The van der Waals surface area contributed by atoms with E-state index in [4.69, 9.17) is 16.3 Å². The molecule has 0 bridgehead atoms. The number of nitrogens with zero attached hydrogens (tertiary/aromatic N) is 1. The second-order valence-electron chi connectivity index (χ2n) is 3.91. The first-order valence-electron chi connectivity index (χ1n) is 5.44. The SMILES string of the molecule is CNCc1cc2c(Cl)ccc(OC)c2nc1C. The van der Waals surface area contributed by atoms with Crippen LogP contribution < -0.4 is 10.1 Å². The predicted octanol–water partition coefficient (Wildman–Crippen LogP) is 2.92. The molecule has 90 valence electrons. The van der Waals surface area contributed by atoms with Crippen molar-refractivity contribution in [3.05, 3.63) is 34.5 Å². The fourth-order valence-electron chi connectivity index (χ4n) is 1.87. The van der Waals surface area contributed by atoms with Gasteiger partial charge in [-0.1, -0.05) is 11.6 Å². The van der Waals surface area contributed by atoms with Crippen LogP contribution in [0.1, 0.15) is 11.3 Å². The van der Waals surface area contributed by atoms with Crippen molar-refractivity contribution in [3.63, 3.8) is 0 Å². The lowest BCUT2D eigenvalue weighted by atomic mass is 10.1. The number of aromatic nitrogens is 1. The molecule has 0 radical (unpaired) electrons. The highest BCUT2D eigenvalue weighted by atomic mass is 35.5. The van der Waals surface area contributed by atoms with E-state index in [9.17, 15) is 0 Å². The Morgan fingerprint density at radius 2 is 2.18 bits per heavy atom. The van der Waals surface area contributed by atoms with Crippen LogP contribution in [0, 0.1) is 6.92 Å². The number of pyridine rings is 1. The van der Waals surface area contributed by atoms with Crippen LogP contribution in [0.2, 0.25) is 5.02 Å². The molecule has 1 N–H and O–H groups in total. The molecule has 0 fully saturated rings. The van der Waals surface area contributed by atoms with Gasteiger partial charge in [0.15, 0.2) is 0 Å². The van der Waals surface area contributed by atoms with E-state index in [0.717, 1.165) is 34.5 Å².